The Kier molecular flexibility index (Phi) is 8.26. The molecule has 1 saturated carbocycles. The standard InChI is InChI=1S/C15H24O4S2/c1-4-18-14(17)10(3)9-13(21-15(20)19-5-2)11-7-6-8-12(11)16/h10-11,13H,4-9H2,1-3H3. The number of esters is 1. The van der Waals surface area contributed by atoms with Crippen molar-refractivity contribution in [2.45, 2.75) is 51.7 Å². The molecule has 3 atom stereocenters. The van der Waals surface area contributed by atoms with E-state index < -0.39 is 0 Å². The summed E-state index contributed by atoms with van der Waals surface area (Å²) in [4.78, 5) is 23.8. The molecule has 1 aliphatic rings. The third kappa shape index (κ3) is 5.94. The Hall–Kier alpha value is -0.620. The van der Waals surface area contributed by atoms with Crippen LogP contribution in [0.25, 0.3) is 0 Å². The lowest BCUT2D eigenvalue weighted by Crippen LogP contribution is -2.28. The minimum atomic E-state index is -0.236. The Morgan fingerprint density at radius 2 is 2.05 bits per heavy atom. The molecule has 0 aliphatic heterocycles. The summed E-state index contributed by atoms with van der Waals surface area (Å²) in [6.45, 7) is 6.41. The van der Waals surface area contributed by atoms with Crippen LogP contribution in [0.15, 0.2) is 0 Å². The third-order valence-electron chi connectivity index (χ3n) is 3.59. The normalized spacial score (nSPS) is 20.9. The van der Waals surface area contributed by atoms with E-state index in [-0.39, 0.29) is 28.8 Å². The molecular formula is C15H24O4S2. The highest BCUT2D eigenvalue weighted by molar-refractivity contribution is 8.23. The van der Waals surface area contributed by atoms with Gasteiger partial charge in [-0.15, -0.1) is 0 Å². The maximum Gasteiger partial charge on any atom is 0.308 e. The summed E-state index contributed by atoms with van der Waals surface area (Å²) in [5.41, 5.74) is 0. The van der Waals surface area contributed by atoms with Crippen LogP contribution < -0.4 is 0 Å². The van der Waals surface area contributed by atoms with E-state index in [1.807, 2.05) is 13.8 Å². The molecule has 0 aromatic heterocycles. The Balaban J connectivity index is 2.69. The molecule has 0 N–H and O–H groups in total. The third-order valence-corrected chi connectivity index (χ3v) is 5.13. The van der Waals surface area contributed by atoms with Gasteiger partial charge in [0, 0.05) is 17.6 Å². The van der Waals surface area contributed by atoms with Crippen LogP contribution in [0, 0.1) is 11.8 Å². The second-order valence-electron chi connectivity index (χ2n) is 5.19. The minimum absolute atomic E-state index is 0.00143. The van der Waals surface area contributed by atoms with Crippen molar-refractivity contribution in [3.8, 4) is 0 Å². The lowest BCUT2D eigenvalue weighted by molar-refractivity contribution is -0.147. The van der Waals surface area contributed by atoms with Crippen LogP contribution in [0.3, 0.4) is 0 Å². The molecular weight excluding hydrogens is 308 g/mol. The highest BCUT2D eigenvalue weighted by Crippen LogP contribution is 2.36. The fraction of sp³-hybridized carbons (Fsp3) is 0.800. The van der Waals surface area contributed by atoms with Crippen LogP contribution in [0.2, 0.25) is 0 Å². The van der Waals surface area contributed by atoms with Gasteiger partial charge in [0.1, 0.15) is 5.78 Å². The summed E-state index contributed by atoms with van der Waals surface area (Å²) in [6, 6.07) is 0. The van der Waals surface area contributed by atoms with Gasteiger partial charge in [0.25, 0.3) is 0 Å². The predicted molar refractivity (Wildman–Crippen MR) is 88.4 cm³/mol. The molecule has 3 unspecified atom stereocenters. The second-order valence-corrected chi connectivity index (χ2v) is 7.03. The first-order chi connectivity index (χ1) is 9.99. The second kappa shape index (κ2) is 9.41. The van der Waals surface area contributed by atoms with E-state index in [1.54, 1.807) is 6.92 Å². The van der Waals surface area contributed by atoms with E-state index in [4.69, 9.17) is 21.7 Å². The Morgan fingerprint density at radius 1 is 1.38 bits per heavy atom. The summed E-state index contributed by atoms with van der Waals surface area (Å²) in [5.74, 6) is -0.190. The average molecular weight is 332 g/mol. The number of ether oxygens (including phenoxy) is 2. The van der Waals surface area contributed by atoms with E-state index in [2.05, 4.69) is 0 Å². The van der Waals surface area contributed by atoms with Crippen molar-refractivity contribution in [3.05, 3.63) is 0 Å². The van der Waals surface area contributed by atoms with Crippen molar-refractivity contribution in [1.29, 1.82) is 0 Å². The molecule has 4 nitrogen and oxygen atoms in total. The molecule has 21 heavy (non-hydrogen) atoms. The maximum absolute atomic E-state index is 12.0. The SMILES string of the molecule is CCOC(=O)C(C)CC(SC(=S)OCC)C1CCCC1=O. The number of Topliss-reactive ketones (excluding diaryl/α,β-unsaturated/α-hetero) is 1. The molecule has 0 saturated heterocycles. The number of hydrogen-bond acceptors (Lipinski definition) is 6. The fourth-order valence-corrected chi connectivity index (χ4v) is 4.29. The molecule has 0 radical (unpaired) electrons. The van der Waals surface area contributed by atoms with Gasteiger partial charge >= 0.3 is 5.97 Å². The average Bonchev–Trinajstić information content (AvgIpc) is 2.84. The summed E-state index contributed by atoms with van der Waals surface area (Å²) in [5, 5.41) is -0.00143. The van der Waals surface area contributed by atoms with Crippen molar-refractivity contribution in [2.24, 2.45) is 11.8 Å². The number of hydrogen-bond donors (Lipinski definition) is 0. The van der Waals surface area contributed by atoms with E-state index in [9.17, 15) is 9.59 Å². The zero-order chi connectivity index (χ0) is 15.8. The summed E-state index contributed by atoms with van der Waals surface area (Å²) in [7, 11) is 0. The first-order valence-corrected chi connectivity index (χ1v) is 8.81. The largest absolute Gasteiger partial charge is 0.479 e. The van der Waals surface area contributed by atoms with Crippen LogP contribution in [-0.2, 0) is 19.1 Å². The minimum Gasteiger partial charge on any atom is -0.479 e. The van der Waals surface area contributed by atoms with E-state index in [1.165, 1.54) is 11.8 Å². The van der Waals surface area contributed by atoms with Crippen molar-refractivity contribution in [1.82, 2.24) is 0 Å². The zero-order valence-electron chi connectivity index (χ0n) is 12.9. The number of carbonyl (C=O) groups excluding carboxylic acids is 2. The van der Waals surface area contributed by atoms with Gasteiger partial charge in [-0.3, -0.25) is 9.59 Å². The fourth-order valence-electron chi connectivity index (χ4n) is 2.54. The summed E-state index contributed by atoms with van der Waals surface area (Å²) in [6.07, 6.45) is 3.03. The number of thioether (sulfide) groups is 1. The van der Waals surface area contributed by atoms with Crippen molar-refractivity contribution in [2.75, 3.05) is 13.2 Å². The van der Waals surface area contributed by atoms with Crippen LogP contribution in [-0.4, -0.2) is 34.6 Å². The topological polar surface area (TPSA) is 52.6 Å². The molecule has 0 bridgehead atoms. The number of carbonyl (C=O) groups is 2. The molecule has 120 valence electrons. The molecule has 0 aromatic carbocycles. The predicted octanol–water partition coefficient (Wildman–Crippen LogP) is 3.37. The molecule has 6 heteroatoms. The number of ketones is 1. The molecule has 1 fully saturated rings. The first kappa shape index (κ1) is 18.4. The quantitative estimate of drug-likeness (QED) is 0.526. The Bertz CT molecular complexity index is 384. The van der Waals surface area contributed by atoms with E-state index in [0.717, 1.165) is 12.8 Å². The molecule has 0 amide bonds. The van der Waals surface area contributed by atoms with Crippen LogP contribution in [0.5, 0.6) is 0 Å². The molecule has 0 spiro atoms. The Morgan fingerprint density at radius 3 is 2.57 bits per heavy atom. The van der Waals surface area contributed by atoms with Gasteiger partial charge < -0.3 is 9.47 Å². The number of rotatable bonds is 7. The van der Waals surface area contributed by atoms with E-state index >= 15 is 0 Å². The van der Waals surface area contributed by atoms with Crippen LogP contribution in [0.1, 0.15) is 46.5 Å². The van der Waals surface area contributed by atoms with Gasteiger partial charge in [-0.25, -0.2) is 0 Å². The highest BCUT2D eigenvalue weighted by atomic mass is 32.2. The molecule has 0 heterocycles. The van der Waals surface area contributed by atoms with Gasteiger partial charge in [-0.2, -0.15) is 0 Å². The summed E-state index contributed by atoms with van der Waals surface area (Å²) < 4.78 is 10.8. The maximum atomic E-state index is 12.0. The molecule has 1 aliphatic carbocycles. The number of thiocarbonyl (C=S) groups is 1. The molecule has 1 rings (SSSR count). The van der Waals surface area contributed by atoms with Gasteiger partial charge in [-0.1, -0.05) is 18.7 Å². The highest BCUT2D eigenvalue weighted by Gasteiger charge is 2.35. The lowest BCUT2D eigenvalue weighted by Gasteiger charge is -2.24. The van der Waals surface area contributed by atoms with Gasteiger partial charge in [0.15, 0.2) is 0 Å². The van der Waals surface area contributed by atoms with Crippen LogP contribution in [0.4, 0.5) is 0 Å². The smallest absolute Gasteiger partial charge is 0.308 e. The lowest BCUT2D eigenvalue weighted by atomic mass is 9.94. The van der Waals surface area contributed by atoms with Gasteiger partial charge in [0.05, 0.1) is 19.1 Å². The monoisotopic (exact) mass is 332 g/mol. The van der Waals surface area contributed by atoms with Crippen molar-refractivity contribution < 1.29 is 19.1 Å². The van der Waals surface area contributed by atoms with Crippen molar-refractivity contribution >= 4 is 40.1 Å². The van der Waals surface area contributed by atoms with Gasteiger partial charge in [0.2, 0.25) is 4.38 Å². The van der Waals surface area contributed by atoms with E-state index in [0.29, 0.717) is 30.4 Å². The molecule has 0 aromatic rings. The van der Waals surface area contributed by atoms with Gasteiger partial charge in [-0.05, 0) is 45.3 Å². The Labute approximate surface area is 136 Å². The van der Waals surface area contributed by atoms with Crippen molar-refractivity contribution in [3.63, 3.8) is 0 Å². The first-order valence-electron chi connectivity index (χ1n) is 7.52. The van der Waals surface area contributed by atoms with Crippen LogP contribution >= 0.6 is 24.0 Å². The zero-order valence-corrected chi connectivity index (χ0v) is 14.6. The summed E-state index contributed by atoms with van der Waals surface area (Å²) >= 11 is 6.60.